The molecule has 0 amide bonds. The Labute approximate surface area is 199 Å². The highest BCUT2D eigenvalue weighted by Gasteiger charge is 2.26. The number of fused-ring (bicyclic) bond motifs is 3. The van der Waals surface area contributed by atoms with Gasteiger partial charge in [0.2, 0.25) is 0 Å². The van der Waals surface area contributed by atoms with E-state index in [1.165, 1.54) is 22.9 Å². The summed E-state index contributed by atoms with van der Waals surface area (Å²) in [5, 5.41) is 4.29. The van der Waals surface area contributed by atoms with Gasteiger partial charge in [0.25, 0.3) is 0 Å². The van der Waals surface area contributed by atoms with Crippen LogP contribution in [0.15, 0.2) is 61.3 Å². The van der Waals surface area contributed by atoms with Crippen LogP contribution in [0.5, 0.6) is 0 Å². The van der Waals surface area contributed by atoms with E-state index in [2.05, 4.69) is 52.8 Å². The van der Waals surface area contributed by atoms with Gasteiger partial charge in [0.15, 0.2) is 0 Å². The summed E-state index contributed by atoms with van der Waals surface area (Å²) in [4.78, 5) is 12.1. The van der Waals surface area contributed by atoms with Crippen LogP contribution in [-0.4, -0.2) is 32.7 Å². The Kier molecular flexibility index (Phi) is 7.96. The Morgan fingerprint density at radius 3 is 2.59 bits per heavy atom. The van der Waals surface area contributed by atoms with E-state index in [9.17, 15) is 4.39 Å². The molecule has 8 heteroatoms. The molecule has 1 aliphatic heterocycles. The summed E-state index contributed by atoms with van der Waals surface area (Å²) in [6.45, 7) is 9.67. The highest BCUT2D eigenvalue weighted by Crippen LogP contribution is 2.38. The van der Waals surface area contributed by atoms with Crippen molar-refractivity contribution in [2.24, 2.45) is 11.7 Å². The van der Waals surface area contributed by atoms with Crippen LogP contribution >= 0.6 is 0 Å². The van der Waals surface area contributed by atoms with Gasteiger partial charge in [0, 0.05) is 30.4 Å². The fourth-order valence-electron chi connectivity index (χ4n) is 4.16. The monoisotopic (exact) mass is 462 g/mol. The van der Waals surface area contributed by atoms with E-state index in [4.69, 9.17) is 16.3 Å². The molecule has 0 saturated carbocycles. The first kappa shape index (κ1) is 24.9. The number of halogens is 1. The highest BCUT2D eigenvalue weighted by molar-refractivity contribution is 5.69. The first-order valence-electron chi connectivity index (χ1n) is 11.1. The number of hydrogen-bond acceptors (Lipinski definition) is 5. The number of carbonyl (C=O) groups is 1. The van der Waals surface area contributed by atoms with Crippen LogP contribution < -0.4 is 11.5 Å². The molecule has 0 aliphatic carbocycles. The largest absolute Gasteiger partial charge is 0.396 e. The molecule has 0 saturated heterocycles. The van der Waals surface area contributed by atoms with Gasteiger partial charge in [-0.3, -0.25) is 4.68 Å². The van der Waals surface area contributed by atoms with Crippen LogP contribution in [0.3, 0.4) is 0 Å². The smallest absolute Gasteiger partial charge is 0.146 e. The number of nitrogen functional groups attached to an aromatic ring is 1. The molecule has 5 rings (SSSR count). The fourth-order valence-corrected chi connectivity index (χ4v) is 4.16. The molecule has 3 heterocycles. The van der Waals surface area contributed by atoms with Crippen LogP contribution in [-0.2, 0) is 11.3 Å². The fraction of sp³-hybridized carbons (Fsp3) is 0.269. The lowest BCUT2D eigenvalue weighted by Gasteiger charge is -2.10. The lowest BCUT2D eigenvalue weighted by Crippen LogP contribution is -2.16. The van der Waals surface area contributed by atoms with E-state index in [1.54, 1.807) is 12.3 Å². The molecule has 178 valence electrons. The molecule has 34 heavy (non-hydrogen) atoms. The van der Waals surface area contributed by atoms with Gasteiger partial charge < -0.3 is 20.8 Å². The maximum atomic E-state index is 13.5. The maximum Gasteiger partial charge on any atom is 0.146 e. The van der Waals surface area contributed by atoms with Crippen LogP contribution in [0, 0.1) is 18.7 Å². The molecule has 1 aliphatic rings. The molecule has 0 radical (unpaired) electrons. The Balaban J connectivity index is 0.000000182. The summed E-state index contributed by atoms with van der Waals surface area (Å²) in [5.74, 6) is 0.147. The zero-order valence-electron chi connectivity index (χ0n) is 19.8. The maximum absolute atomic E-state index is 13.5. The van der Waals surface area contributed by atoms with Crippen LogP contribution in [0.1, 0.15) is 31.0 Å². The minimum atomic E-state index is -0.382. The van der Waals surface area contributed by atoms with Crippen molar-refractivity contribution >= 4 is 12.5 Å². The standard InChI is InChI=1S/C14H18FN3.C11H11N3.CH2O/c1-9(2)7-18-8-11(6-17-18)12-5-13(15)14(16)4-10(12)3;12-5-10-8-3-1-2-4-9(8)11-6-13-7-14(10)11;1-2/h4-6,8-9H,7,16H2,1-3H3;1-4,6-7,10H,5,12H2;1H2. The molecule has 0 fully saturated rings. The van der Waals surface area contributed by atoms with Crippen molar-refractivity contribution in [2.45, 2.75) is 33.4 Å². The molecular formula is C26H31FN6O. The number of aryl methyl sites for hydroxylation is 1. The molecule has 7 nitrogen and oxygen atoms in total. The van der Waals surface area contributed by atoms with Gasteiger partial charge in [-0.1, -0.05) is 38.1 Å². The second-order valence-electron chi connectivity index (χ2n) is 8.56. The molecule has 4 N–H and O–H groups in total. The Morgan fingerprint density at radius 1 is 1.15 bits per heavy atom. The lowest BCUT2D eigenvalue weighted by molar-refractivity contribution is -0.0979. The van der Waals surface area contributed by atoms with Gasteiger partial charge in [-0.2, -0.15) is 5.10 Å². The number of anilines is 1. The lowest BCUT2D eigenvalue weighted by atomic mass is 10.0. The Bertz CT molecular complexity index is 1250. The second-order valence-corrected chi connectivity index (χ2v) is 8.56. The van der Waals surface area contributed by atoms with Crippen molar-refractivity contribution in [1.82, 2.24) is 19.3 Å². The van der Waals surface area contributed by atoms with Crippen molar-refractivity contribution in [3.63, 3.8) is 0 Å². The van der Waals surface area contributed by atoms with Crippen molar-refractivity contribution in [1.29, 1.82) is 0 Å². The van der Waals surface area contributed by atoms with Crippen LogP contribution in [0.2, 0.25) is 0 Å². The number of benzene rings is 2. The predicted octanol–water partition coefficient (Wildman–Crippen LogP) is 4.46. The number of aromatic nitrogens is 4. The molecule has 0 spiro atoms. The minimum absolute atomic E-state index is 0.186. The Morgan fingerprint density at radius 2 is 1.88 bits per heavy atom. The molecule has 4 aromatic rings. The summed E-state index contributed by atoms with van der Waals surface area (Å²) in [6, 6.07) is 11.8. The van der Waals surface area contributed by atoms with Gasteiger partial charge in [-0.15, -0.1) is 0 Å². The molecular weight excluding hydrogens is 431 g/mol. The van der Waals surface area contributed by atoms with E-state index in [1.807, 2.05) is 37.1 Å². The van der Waals surface area contributed by atoms with E-state index in [0.717, 1.165) is 23.2 Å². The zero-order valence-corrected chi connectivity index (χ0v) is 19.8. The third kappa shape index (κ3) is 5.07. The number of hydrogen-bond donors (Lipinski definition) is 2. The minimum Gasteiger partial charge on any atom is -0.396 e. The quantitative estimate of drug-likeness (QED) is 0.436. The first-order valence-corrected chi connectivity index (χ1v) is 11.1. The Hall–Kier alpha value is -3.78. The summed E-state index contributed by atoms with van der Waals surface area (Å²) in [6.07, 6.45) is 7.46. The number of imidazole rings is 1. The van der Waals surface area contributed by atoms with E-state index in [0.29, 0.717) is 12.5 Å². The first-order chi connectivity index (χ1) is 16.4. The van der Waals surface area contributed by atoms with Crippen molar-refractivity contribution in [2.75, 3.05) is 12.3 Å². The molecule has 1 atom stereocenters. The van der Waals surface area contributed by atoms with E-state index >= 15 is 0 Å². The summed E-state index contributed by atoms with van der Waals surface area (Å²) >= 11 is 0. The van der Waals surface area contributed by atoms with E-state index in [-0.39, 0.29) is 17.5 Å². The molecule has 2 aromatic carbocycles. The van der Waals surface area contributed by atoms with Gasteiger partial charge in [-0.25, -0.2) is 9.37 Å². The summed E-state index contributed by atoms with van der Waals surface area (Å²) in [7, 11) is 0. The summed E-state index contributed by atoms with van der Waals surface area (Å²) in [5.41, 5.74) is 18.0. The predicted molar refractivity (Wildman–Crippen MR) is 134 cm³/mol. The number of nitrogens with two attached hydrogens (primary N) is 2. The molecule has 1 unspecified atom stereocenters. The normalized spacial score (nSPS) is 13.4. The topological polar surface area (TPSA) is 105 Å². The second kappa shape index (κ2) is 10.9. The third-order valence-electron chi connectivity index (χ3n) is 5.66. The average molecular weight is 463 g/mol. The molecule has 2 aromatic heterocycles. The molecule has 0 bridgehead atoms. The zero-order chi connectivity index (χ0) is 24.8. The van der Waals surface area contributed by atoms with E-state index < -0.39 is 0 Å². The van der Waals surface area contributed by atoms with Crippen molar-refractivity contribution in [3.05, 3.63) is 78.3 Å². The number of nitrogens with zero attached hydrogens (tertiary/aromatic N) is 4. The SMILES string of the molecule is C=O.Cc1cc(N)c(F)cc1-c1cnn(CC(C)C)c1.NCC1c2ccccc2-c2cncn21. The van der Waals surface area contributed by atoms with Gasteiger partial charge in [-0.05, 0) is 41.7 Å². The van der Waals surface area contributed by atoms with Crippen LogP contribution in [0.25, 0.3) is 22.4 Å². The van der Waals surface area contributed by atoms with Crippen molar-refractivity contribution in [3.8, 4) is 22.4 Å². The number of carbonyl (C=O) groups excluding carboxylic acids is 1. The number of rotatable bonds is 4. The summed E-state index contributed by atoms with van der Waals surface area (Å²) < 4.78 is 17.5. The van der Waals surface area contributed by atoms with Crippen LogP contribution in [0.4, 0.5) is 10.1 Å². The van der Waals surface area contributed by atoms with Gasteiger partial charge >= 0.3 is 0 Å². The third-order valence-corrected chi connectivity index (χ3v) is 5.66. The van der Waals surface area contributed by atoms with Gasteiger partial charge in [0.05, 0.1) is 36.1 Å². The van der Waals surface area contributed by atoms with Crippen molar-refractivity contribution < 1.29 is 9.18 Å². The highest BCUT2D eigenvalue weighted by atomic mass is 19.1. The average Bonchev–Trinajstić information content (AvgIpc) is 3.54. The van der Waals surface area contributed by atoms with Gasteiger partial charge in [0.1, 0.15) is 12.6 Å².